The van der Waals surface area contributed by atoms with Crippen LogP contribution in [0.25, 0.3) is 0 Å². The Balaban J connectivity index is 3.02. The van der Waals surface area contributed by atoms with Gasteiger partial charge >= 0.3 is 0 Å². The van der Waals surface area contributed by atoms with Crippen LogP contribution in [0.4, 0.5) is 0 Å². The Labute approximate surface area is 128 Å². The first-order chi connectivity index (χ1) is 9.41. The highest BCUT2D eigenvalue weighted by molar-refractivity contribution is 7.11. The fraction of sp³-hybridized carbons (Fsp3) is 0.812. The fourth-order valence-electron chi connectivity index (χ4n) is 3.19. The van der Waals surface area contributed by atoms with Crippen LogP contribution in [0.3, 0.4) is 0 Å². The molecule has 1 N–H and O–H groups in total. The Morgan fingerprint density at radius 2 is 1.80 bits per heavy atom. The largest absolute Gasteiger partial charge is 0.312 e. The van der Waals surface area contributed by atoms with Crippen molar-refractivity contribution in [1.82, 2.24) is 15.2 Å². The van der Waals surface area contributed by atoms with E-state index in [0.717, 1.165) is 25.8 Å². The Morgan fingerprint density at radius 1 is 1.20 bits per heavy atom. The number of nitrogens with zero attached hydrogens (tertiary/aromatic N) is 2. The first-order valence-electron chi connectivity index (χ1n) is 7.74. The van der Waals surface area contributed by atoms with Crippen molar-refractivity contribution in [2.75, 3.05) is 20.6 Å². The maximum absolute atomic E-state index is 4.73. The molecule has 20 heavy (non-hydrogen) atoms. The van der Waals surface area contributed by atoms with Crippen LogP contribution < -0.4 is 5.32 Å². The molecule has 1 aromatic rings. The van der Waals surface area contributed by atoms with E-state index in [1.54, 1.807) is 0 Å². The van der Waals surface area contributed by atoms with Crippen LogP contribution in [0.5, 0.6) is 0 Å². The molecule has 116 valence electrons. The van der Waals surface area contributed by atoms with E-state index >= 15 is 0 Å². The topological polar surface area (TPSA) is 28.2 Å². The van der Waals surface area contributed by atoms with Gasteiger partial charge in [-0.3, -0.25) is 0 Å². The van der Waals surface area contributed by atoms with Crippen LogP contribution in [0, 0.1) is 13.8 Å². The molecule has 1 aromatic heterocycles. The Morgan fingerprint density at radius 3 is 2.15 bits per heavy atom. The van der Waals surface area contributed by atoms with E-state index in [2.05, 4.69) is 58.9 Å². The second-order valence-electron chi connectivity index (χ2n) is 5.77. The molecule has 4 heteroatoms. The van der Waals surface area contributed by atoms with Gasteiger partial charge in [0.25, 0.3) is 0 Å². The predicted octanol–water partition coefficient (Wildman–Crippen LogP) is 3.40. The summed E-state index contributed by atoms with van der Waals surface area (Å²) in [5.74, 6) is 0. The molecule has 1 heterocycles. The molecule has 1 rings (SSSR count). The molecular weight excluding hydrogens is 266 g/mol. The van der Waals surface area contributed by atoms with Gasteiger partial charge in [0.15, 0.2) is 0 Å². The standard InChI is InChI=1S/C16H31N3S/c1-8-16(9-2,19(6)7)14(17-10-3)11-15-18-12(4)13(5)20-15/h14,17H,8-11H2,1-7H3. The minimum absolute atomic E-state index is 0.198. The van der Waals surface area contributed by atoms with Crippen LogP contribution in [-0.4, -0.2) is 42.1 Å². The van der Waals surface area contributed by atoms with E-state index in [1.807, 2.05) is 11.3 Å². The zero-order chi connectivity index (χ0) is 15.3. The number of likely N-dealkylation sites (N-methyl/N-ethyl adjacent to an activating group) is 2. The molecule has 1 atom stereocenters. The summed E-state index contributed by atoms with van der Waals surface area (Å²) in [7, 11) is 4.41. The third-order valence-electron chi connectivity index (χ3n) is 4.67. The van der Waals surface area contributed by atoms with Crippen molar-refractivity contribution in [2.24, 2.45) is 0 Å². The summed E-state index contributed by atoms with van der Waals surface area (Å²) in [4.78, 5) is 8.48. The van der Waals surface area contributed by atoms with Crippen molar-refractivity contribution < 1.29 is 0 Å². The number of aryl methyl sites for hydroxylation is 2. The van der Waals surface area contributed by atoms with E-state index in [0.29, 0.717) is 6.04 Å². The summed E-state index contributed by atoms with van der Waals surface area (Å²) in [6.07, 6.45) is 3.32. The number of thiazole rings is 1. The third-order valence-corrected chi connectivity index (χ3v) is 5.76. The minimum atomic E-state index is 0.198. The summed E-state index contributed by atoms with van der Waals surface area (Å²) >= 11 is 1.85. The highest BCUT2D eigenvalue weighted by atomic mass is 32.1. The highest BCUT2D eigenvalue weighted by Crippen LogP contribution is 2.29. The highest BCUT2D eigenvalue weighted by Gasteiger charge is 2.37. The first kappa shape index (κ1) is 17.6. The van der Waals surface area contributed by atoms with Crippen molar-refractivity contribution >= 4 is 11.3 Å². The van der Waals surface area contributed by atoms with Crippen LogP contribution in [0.15, 0.2) is 0 Å². The second kappa shape index (κ2) is 7.53. The Kier molecular flexibility index (Phi) is 6.62. The zero-order valence-corrected chi connectivity index (χ0v) is 15.0. The molecule has 3 nitrogen and oxygen atoms in total. The predicted molar refractivity (Wildman–Crippen MR) is 89.8 cm³/mol. The summed E-state index contributed by atoms with van der Waals surface area (Å²) in [6.45, 7) is 12.1. The molecule has 0 aromatic carbocycles. The molecule has 0 saturated heterocycles. The third kappa shape index (κ3) is 3.60. The summed E-state index contributed by atoms with van der Waals surface area (Å²) in [6, 6.07) is 0.447. The average Bonchev–Trinajstić information content (AvgIpc) is 2.70. The quantitative estimate of drug-likeness (QED) is 0.797. The van der Waals surface area contributed by atoms with Crippen LogP contribution in [0.1, 0.15) is 49.2 Å². The van der Waals surface area contributed by atoms with Gasteiger partial charge in [-0.05, 0) is 47.3 Å². The van der Waals surface area contributed by atoms with Gasteiger partial charge in [0.1, 0.15) is 0 Å². The van der Waals surface area contributed by atoms with Crippen molar-refractivity contribution in [3.8, 4) is 0 Å². The van der Waals surface area contributed by atoms with E-state index in [1.165, 1.54) is 15.6 Å². The lowest BCUT2D eigenvalue weighted by atomic mass is 9.81. The molecule has 0 fully saturated rings. The normalized spacial score (nSPS) is 14.0. The van der Waals surface area contributed by atoms with E-state index in [9.17, 15) is 0 Å². The average molecular weight is 298 g/mol. The maximum Gasteiger partial charge on any atom is 0.0947 e. The number of hydrogen-bond acceptors (Lipinski definition) is 4. The number of rotatable bonds is 8. The molecule has 0 spiro atoms. The molecule has 0 aliphatic rings. The molecule has 1 unspecified atom stereocenters. The Bertz CT molecular complexity index is 388. The zero-order valence-electron chi connectivity index (χ0n) is 14.2. The second-order valence-corrected chi connectivity index (χ2v) is 7.06. The van der Waals surface area contributed by atoms with Gasteiger partial charge in [-0.25, -0.2) is 4.98 Å². The molecule has 0 amide bonds. The van der Waals surface area contributed by atoms with Crippen LogP contribution >= 0.6 is 11.3 Å². The number of nitrogens with one attached hydrogen (secondary N) is 1. The van der Waals surface area contributed by atoms with Crippen molar-refractivity contribution in [1.29, 1.82) is 0 Å². The van der Waals surface area contributed by atoms with Crippen molar-refractivity contribution in [3.05, 3.63) is 15.6 Å². The van der Waals surface area contributed by atoms with Gasteiger partial charge in [0, 0.05) is 22.9 Å². The SMILES string of the molecule is CCNC(Cc1nc(C)c(C)s1)C(CC)(CC)N(C)C. The summed E-state index contributed by atoms with van der Waals surface area (Å²) in [5.41, 5.74) is 1.38. The molecule has 0 aliphatic carbocycles. The molecule has 0 saturated carbocycles. The van der Waals surface area contributed by atoms with E-state index in [-0.39, 0.29) is 5.54 Å². The van der Waals surface area contributed by atoms with Crippen molar-refractivity contribution in [2.45, 2.75) is 65.5 Å². The lowest BCUT2D eigenvalue weighted by molar-refractivity contribution is 0.0889. The monoisotopic (exact) mass is 297 g/mol. The van der Waals surface area contributed by atoms with Gasteiger partial charge in [-0.2, -0.15) is 0 Å². The fourth-order valence-corrected chi connectivity index (χ4v) is 4.17. The molecule has 0 aliphatic heterocycles. The van der Waals surface area contributed by atoms with Crippen LogP contribution in [0.2, 0.25) is 0 Å². The summed E-state index contributed by atoms with van der Waals surface area (Å²) < 4.78 is 0. The number of hydrogen-bond donors (Lipinski definition) is 1. The van der Waals surface area contributed by atoms with E-state index in [4.69, 9.17) is 4.98 Å². The van der Waals surface area contributed by atoms with Crippen LogP contribution in [-0.2, 0) is 6.42 Å². The summed E-state index contributed by atoms with van der Waals surface area (Å²) in [5, 5.41) is 4.97. The lowest BCUT2D eigenvalue weighted by Crippen LogP contribution is -2.59. The lowest BCUT2D eigenvalue weighted by Gasteiger charge is -2.45. The van der Waals surface area contributed by atoms with E-state index < -0.39 is 0 Å². The van der Waals surface area contributed by atoms with Gasteiger partial charge in [-0.1, -0.05) is 20.8 Å². The van der Waals surface area contributed by atoms with Gasteiger partial charge in [0.05, 0.1) is 10.7 Å². The van der Waals surface area contributed by atoms with Gasteiger partial charge in [-0.15, -0.1) is 11.3 Å². The molecular formula is C16H31N3S. The Hall–Kier alpha value is -0.450. The first-order valence-corrected chi connectivity index (χ1v) is 8.56. The maximum atomic E-state index is 4.73. The molecule has 0 radical (unpaired) electrons. The molecule has 0 bridgehead atoms. The number of aromatic nitrogens is 1. The van der Waals surface area contributed by atoms with Crippen molar-refractivity contribution in [3.63, 3.8) is 0 Å². The van der Waals surface area contributed by atoms with Gasteiger partial charge in [0.2, 0.25) is 0 Å². The minimum Gasteiger partial charge on any atom is -0.312 e. The van der Waals surface area contributed by atoms with Gasteiger partial charge < -0.3 is 10.2 Å². The smallest absolute Gasteiger partial charge is 0.0947 e.